The second-order valence-corrected chi connectivity index (χ2v) is 5.60. The Hall–Kier alpha value is -2.44. The summed E-state index contributed by atoms with van der Waals surface area (Å²) in [6.07, 6.45) is 1.46. The van der Waals surface area contributed by atoms with E-state index in [1.165, 1.54) is 33.6 Å². The van der Waals surface area contributed by atoms with Gasteiger partial charge >= 0.3 is 0 Å². The van der Waals surface area contributed by atoms with Gasteiger partial charge in [-0.05, 0) is 30.3 Å². The maximum absolute atomic E-state index is 12.0. The Bertz CT molecular complexity index is 784. The van der Waals surface area contributed by atoms with E-state index in [4.69, 9.17) is 37.4 Å². The molecule has 6 nitrogen and oxygen atoms in total. The number of carbonyl (C=O) groups is 1. The van der Waals surface area contributed by atoms with Gasteiger partial charge in [-0.2, -0.15) is 5.10 Å². The average molecular weight is 383 g/mol. The minimum Gasteiger partial charge on any atom is -0.493 e. The molecule has 0 saturated heterocycles. The quantitative estimate of drug-likeness (QED) is 0.609. The Kier molecular flexibility index (Phi) is 6.50. The lowest BCUT2D eigenvalue weighted by Gasteiger charge is -2.12. The van der Waals surface area contributed by atoms with Crippen molar-refractivity contribution in [2.75, 3.05) is 21.3 Å². The van der Waals surface area contributed by atoms with Crippen LogP contribution in [0.25, 0.3) is 0 Å². The molecule has 2 aromatic rings. The van der Waals surface area contributed by atoms with Crippen molar-refractivity contribution in [1.82, 2.24) is 5.43 Å². The molecule has 0 atom stereocenters. The molecule has 0 radical (unpaired) electrons. The Morgan fingerprint density at radius 3 is 2.16 bits per heavy atom. The Morgan fingerprint density at radius 1 is 1.00 bits per heavy atom. The first-order valence-electron chi connectivity index (χ1n) is 7.08. The zero-order valence-corrected chi connectivity index (χ0v) is 15.3. The summed E-state index contributed by atoms with van der Waals surface area (Å²) in [7, 11) is 4.56. The third-order valence-electron chi connectivity index (χ3n) is 3.25. The second-order valence-electron chi connectivity index (χ2n) is 4.79. The van der Waals surface area contributed by atoms with E-state index in [1.807, 2.05) is 0 Å². The third kappa shape index (κ3) is 4.55. The number of hydrazone groups is 1. The fourth-order valence-corrected chi connectivity index (χ4v) is 2.34. The third-order valence-corrected chi connectivity index (χ3v) is 3.99. The maximum Gasteiger partial charge on any atom is 0.271 e. The monoisotopic (exact) mass is 382 g/mol. The van der Waals surface area contributed by atoms with E-state index in [-0.39, 0.29) is 0 Å². The molecule has 0 aliphatic heterocycles. The molecule has 25 heavy (non-hydrogen) atoms. The molecule has 1 amide bonds. The van der Waals surface area contributed by atoms with Gasteiger partial charge in [-0.3, -0.25) is 4.79 Å². The number of nitrogens with one attached hydrogen (secondary N) is 1. The van der Waals surface area contributed by atoms with Crippen molar-refractivity contribution in [2.24, 2.45) is 5.10 Å². The molecule has 0 aliphatic carbocycles. The highest BCUT2D eigenvalue weighted by Crippen LogP contribution is 2.37. The summed E-state index contributed by atoms with van der Waals surface area (Å²) >= 11 is 11.7. The van der Waals surface area contributed by atoms with Gasteiger partial charge in [-0.1, -0.05) is 23.2 Å². The number of ether oxygens (including phenoxy) is 3. The van der Waals surface area contributed by atoms with Gasteiger partial charge in [0.1, 0.15) is 0 Å². The number of halogens is 2. The number of methoxy groups -OCH3 is 3. The van der Waals surface area contributed by atoms with Crippen LogP contribution in [0.15, 0.2) is 35.4 Å². The molecule has 0 saturated carbocycles. The van der Waals surface area contributed by atoms with Crippen molar-refractivity contribution in [2.45, 2.75) is 0 Å². The minimum absolute atomic E-state index is 0.294. The highest BCUT2D eigenvalue weighted by Gasteiger charge is 2.12. The van der Waals surface area contributed by atoms with Crippen molar-refractivity contribution in [3.8, 4) is 17.2 Å². The van der Waals surface area contributed by atoms with E-state index in [9.17, 15) is 4.79 Å². The van der Waals surface area contributed by atoms with Crippen molar-refractivity contribution >= 4 is 35.3 Å². The van der Waals surface area contributed by atoms with Gasteiger partial charge in [-0.15, -0.1) is 0 Å². The molecule has 0 aromatic heterocycles. The lowest BCUT2D eigenvalue weighted by atomic mass is 10.2. The number of carbonyl (C=O) groups excluding carboxylic acids is 1. The van der Waals surface area contributed by atoms with E-state index < -0.39 is 5.91 Å². The summed E-state index contributed by atoms with van der Waals surface area (Å²) in [5, 5.41) is 4.59. The molecular formula is C17H16Cl2N2O4. The van der Waals surface area contributed by atoms with Crippen LogP contribution in [0.3, 0.4) is 0 Å². The number of hydrogen-bond acceptors (Lipinski definition) is 5. The number of rotatable bonds is 6. The number of amides is 1. The summed E-state index contributed by atoms with van der Waals surface area (Å²) in [4.78, 5) is 12.0. The fraction of sp³-hybridized carbons (Fsp3) is 0.176. The van der Waals surface area contributed by atoms with E-state index in [1.54, 1.807) is 24.3 Å². The average Bonchev–Trinajstić information content (AvgIpc) is 2.62. The molecular weight excluding hydrogens is 367 g/mol. The molecule has 0 heterocycles. The van der Waals surface area contributed by atoms with Crippen LogP contribution in [-0.4, -0.2) is 33.5 Å². The summed E-state index contributed by atoms with van der Waals surface area (Å²) in [6, 6.07) is 7.97. The fourth-order valence-electron chi connectivity index (χ4n) is 2.04. The number of nitrogens with zero attached hydrogens (tertiary/aromatic N) is 1. The topological polar surface area (TPSA) is 69.2 Å². The first-order chi connectivity index (χ1) is 12.0. The van der Waals surface area contributed by atoms with Crippen LogP contribution in [0.4, 0.5) is 0 Å². The highest BCUT2D eigenvalue weighted by atomic mass is 35.5. The molecule has 2 rings (SSSR count). The van der Waals surface area contributed by atoms with Gasteiger partial charge in [0.2, 0.25) is 5.75 Å². The minimum atomic E-state index is -0.415. The molecule has 2 aromatic carbocycles. The summed E-state index contributed by atoms with van der Waals surface area (Å²) in [6.45, 7) is 0. The molecule has 0 spiro atoms. The van der Waals surface area contributed by atoms with Crippen LogP contribution in [0, 0.1) is 0 Å². The molecule has 8 heteroatoms. The standard InChI is InChI=1S/C17H16Cl2N2O4/c1-23-14-6-10(7-15(24-2)16(14)25-3)9-20-21-17(22)11-4-5-12(18)13(19)8-11/h4-9H,1-3H3,(H,21,22)/b20-9+. The lowest BCUT2D eigenvalue weighted by Crippen LogP contribution is -2.17. The van der Waals surface area contributed by atoms with Crippen molar-refractivity contribution in [3.05, 3.63) is 51.5 Å². The van der Waals surface area contributed by atoms with Gasteiger partial charge in [-0.25, -0.2) is 5.43 Å². The Morgan fingerprint density at radius 2 is 1.64 bits per heavy atom. The van der Waals surface area contributed by atoms with Crippen molar-refractivity contribution in [3.63, 3.8) is 0 Å². The molecule has 1 N–H and O–H groups in total. The number of hydrogen-bond donors (Lipinski definition) is 1. The van der Waals surface area contributed by atoms with Crippen LogP contribution in [0.5, 0.6) is 17.2 Å². The van der Waals surface area contributed by atoms with Crippen molar-refractivity contribution in [1.29, 1.82) is 0 Å². The van der Waals surface area contributed by atoms with Crippen LogP contribution in [0.2, 0.25) is 10.0 Å². The summed E-state index contributed by atoms with van der Waals surface area (Å²) in [5.74, 6) is 1.03. The normalized spacial score (nSPS) is 10.6. The smallest absolute Gasteiger partial charge is 0.271 e. The predicted molar refractivity (Wildman–Crippen MR) is 97.6 cm³/mol. The van der Waals surface area contributed by atoms with Gasteiger partial charge in [0, 0.05) is 11.1 Å². The van der Waals surface area contributed by atoms with Gasteiger partial charge < -0.3 is 14.2 Å². The molecule has 0 bridgehead atoms. The van der Waals surface area contributed by atoms with Crippen molar-refractivity contribution < 1.29 is 19.0 Å². The number of benzene rings is 2. The van der Waals surface area contributed by atoms with E-state index in [0.717, 1.165) is 0 Å². The molecule has 132 valence electrons. The zero-order chi connectivity index (χ0) is 18.4. The molecule has 0 aliphatic rings. The second kappa shape index (κ2) is 8.60. The summed E-state index contributed by atoms with van der Waals surface area (Å²) in [5.41, 5.74) is 3.41. The van der Waals surface area contributed by atoms with Gasteiger partial charge in [0.15, 0.2) is 11.5 Å². The highest BCUT2D eigenvalue weighted by molar-refractivity contribution is 6.42. The van der Waals surface area contributed by atoms with Crippen LogP contribution in [0.1, 0.15) is 15.9 Å². The first-order valence-corrected chi connectivity index (χ1v) is 7.84. The van der Waals surface area contributed by atoms with Crippen LogP contribution >= 0.6 is 23.2 Å². The van der Waals surface area contributed by atoms with Gasteiger partial charge in [0.05, 0.1) is 37.6 Å². The Labute approximate surface area is 155 Å². The van der Waals surface area contributed by atoms with E-state index in [2.05, 4.69) is 10.5 Å². The van der Waals surface area contributed by atoms with Crippen LogP contribution < -0.4 is 19.6 Å². The molecule has 0 unspecified atom stereocenters. The molecule has 0 fully saturated rings. The maximum atomic E-state index is 12.0. The van der Waals surface area contributed by atoms with E-state index >= 15 is 0 Å². The predicted octanol–water partition coefficient (Wildman–Crippen LogP) is 3.78. The Balaban J connectivity index is 2.16. The van der Waals surface area contributed by atoms with E-state index in [0.29, 0.717) is 38.4 Å². The first kappa shape index (κ1) is 18.9. The SMILES string of the molecule is COc1cc(/C=N/NC(=O)c2ccc(Cl)c(Cl)c2)cc(OC)c1OC. The largest absolute Gasteiger partial charge is 0.493 e. The summed E-state index contributed by atoms with van der Waals surface area (Å²) < 4.78 is 15.8. The zero-order valence-electron chi connectivity index (χ0n) is 13.8. The lowest BCUT2D eigenvalue weighted by molar-refractivity contribution is 0.0955. The van der Waals surface area contributed by atoms with Gasteiger partial charge in [0.25, 0.3) is 5.91 Å². The van der Waals surface area contributed by atoms with Crippen LogP contribution in [-0.2, 0) is 0 Å².